The van der Waals surface area contributed by atoms with Crippen molar-refractivity contribution < 1.29 is 0 Å². The molecule has 0 saturated carbocycles. The van der Waals surface area contributed by atoms with Gasteiger partial charge in [0.2, 0.25) is 0 Å². The predicted molar refractivity (Wildman–Crippen MR) is 48.6 cm³/mol. The zero-order valence-electron chi connectivity index (χ0n) is 7.38. The van der Waals surface area contributed by atoms with Gasteiger partial charge >= 0.3 is 0 Å². The molecule has 0 amide bonds. The zero-order valence-corrected chi connectivity index (χ0v) is 7.38. The van der Waals surface area contributed by atoms with Crippen LogP contribution in [0.5, 0.6) is 0 Å². The molecule has 0 spiro atoms. The van der Waals surface area contributed by atoms with Crippen LogP contribution in [-0.4, -0.2) is 11.5 Å². The molecule has 1 radical (unpaired) electrons. The maximum Gasteiger partial charge on any atom is 0.0789 e. The van der Waals surface area contributed by atoms with E-state index in [2.05, 4.69) is 16.4 Å². The van der Waals surface area contributed by atoms with E-state index >= 15 is 0 Å². The summed E-state index contributed by atoms with van der Waals surface area (Å²) in [5.41, 5.74) is 3.40. The van der Waals surface area contributed by atoms with Gasteiger partial charge in [0.25, 0.3) is 0 Å². The van der Waals surface area contributed by atoms with Crippen molar-refractivity contribution in [1.29, 1.82) is 0 Å². The van der Waals surface area contributed by atoms with Crippen LogP contribution in [0.2, 0.25) is 0 Å². The van der Waals surface area contributed by atoms with Crippen molar-refractivity contribution in [3.63, 3.8) is 0 Å². The summed E-state index contributed by atoms with van der Waals surface area (Å²) in [7, 11) is 0. The molecule has 0 fully saturated rings. The van der Waals surface area contributed by atoms with Crippen LogP contribution in [0.4, 0.5) is 5.69 Å². The Hall–Kier alpha value is -1.05. The van der Waals surface area contributed by atoms with Crippen molar-refractivity contribution in [2.45, 2.75) is 26.2 Å². The molecule has 2 heterocycles. The summed E-state index contributed by atoms with van der Waals surface area (Å²) < 4.78 is 0. The predicted octanol–water partition coefficient (Wildman–Crippen LogP) is 1.96. The number of nitrogens with zero attached hydrogens (tertiary/aromatic N) is 2. The lowest BCUT2D eigenvalue weighted by molar-refractivity contribution is 0.723. The third-order valence-corrected chi connectivity index (χ3v) is 2.19. The van der Waals surface area contributed by atoms with Gasteiger partial charge in [0.15, 0.2) is 0 Å². The Kier molecular flexibility index (Phi) is 1.98. The summed E-state index contributed by atoms with van der Waals surface area (Å²) in [6, 6.07) is 4.12. The van der Waals surface area contributed by atoms with Gasteiger partial charge in [-0.15, -0.1) is 0 Å². The molecule has 0 saturated heterocycles. The van der Waals surface area contributed by atoms with E-state index in [1.54, 1.807) is 0 Å². The first-order chi connectivity index (χ1) is 5.86. The average molecular weight is 161 g/mol. The molecule has 12 heavy (non-hydrogen) atoms. The maximum atomic E-state index is 4.48. The molecule has 0 bridgehead atoms. The van der Waals surface area contributed by atoms with Crippen LogP contribution in [0.25, 0.3) is 0 Å². The smallest absolute Gasteiger partial charge is 0.0789 e. The van der Waals surface area contributed by atoms with Crippen molar-refractivity contribution in [2.75, 3.05) is 6.54 Å². The lowest BCUT2D eigenvalue weighted by atomic mass is 10.2. The summed E-state index contributed by atoms with van der Waals surface area (Å²) in [5.74, 6) is 0. The molecule has 2 heteroatoms. The molecular weight excluding hydrogens is 148 g/mol. The van der Waals surface area contributed by atoms with Crippen LogP contribution in [0.15, 0.2) is 12.1 Å². The number of fused-ring (bicyclic) bond motifs is 1. The molecule has 2 rings (SSSR count). The highest BCUT2D eigenvalue weighted by Gasteiger charge is 2.08. The van der Waals surface area contributed by atoms with Crippen molar-refractivity contribution in [1.82, 2.24) is 10.3 Å². The number of hydrogen-bond donors (Lipinski definition) is 0. The largest absolute Gasteiger partial charge is 0.283 e. The van der Waals surface area contributed by atoms with Crippen molar-refractivity contribution in [3.8, 4) is 0 Å². The topological polar surface area (TPSA) is 27.0 Å². The molecule has 0 unspecified atom stereocenters. The minimum atomic E-state index is 0.970. The Morgan fingerprint density at radius 3 is 3.08 bits per heavy atom. The van der Waals surface area contributed by atoms with E-state index in [0.29, 0.717) is 0 Å². The lowest BCUT2D eigenvalue weighted by Gasteiger charge is -2.03. The molecule has 0 atom stereocenters. The molecular formula is C10H13N2. The second-order valence-electron chi connectivity index (χ2n) is 3.26. The molecule has 1 aromatic heterocycles. The fourth-order valence-electron chi connectivity index (χ4n) is 1.53. The SMILES string of the molecule is Cc1ccc2c(n1)CCCC[N]2. The first-order valence-electron chi connectivity index (χ1n) is 4.50. The zero-order chi connectivity index (χ0) is 8.39. The van der Waals surface area contributed by atoms with E-state index in [9.17, 15) is 0 Å². The van der Waals surface area contributed by atoms with Gasteiger partial charge in [-0.25, -0.2) is 0 Å². The molecule has 1 aliphatic rings. The Morgan fingerprint density at radius 2 is 2.17 bits per heavy atom. The third kappa shape index (κ3) is 1.42. The quantitative estimate of drug-likeness (QED) is 0.571. The minimum absolute atomic E-state index is 0.970. The third-order valence-electron chi connectivity index (χ3n) is 2.19. The van der Waals surface area contributed by atoms with Crippen LogP contribution < -0.4 is 5.32 Å². The number of aromatic nitrogens is 1. The van der Waals surface area contributed by atoms with E-state index in [-0.39, 0.29) is 0 Å². The molecule has 1 aromatic rings. The van der Waals surface area contributed by atoms with Crippen molar-refractivity contribution >= 4 is 5.69 Å². The first kappa shape index (κ1) is 7.59. The number of rotatable bonds is 0. The van der Waals surface area contributed by atoms with Gasteiger partial charge in [-0.2, -0.15) is 0 Å². The van der Waals surface area contributed by atoms with Gasteiger partial charge in [-0.05, 0) is 38.3 Å². The highest BCUT2D eigenvalue weighted by Crippen LogP contribution is 2.19. The van der Waals surface area contributed by atoms with Crippen LogP contribution in [0.1, 0.15) is 24.2 Å². The molecule has 1 aliphatic heterocycles. The van der Waals surface area contributed by atoms with Crippen LogP contribution in [0, 0.1) is 6.92 Å². The summed E-state index contributed by atoms with van der Waals surface area (Å²) in [6.07, 6.45) is 3.53. The fraction of sp³-hybridized carbons (Fsp3) is 0.500. The second-order valence-corrected chi connectivity index (χ2v) is 3.26. The van der Waals surface area contributed by atoms with Crippen LogP contribution >= 0.6 is 0 Å². The van der Waals surface area contributed by atoms with Gasteiger partial charge < -0.3 is 0 Å². The van der Waals surface area contributed by atoms with E-state index in [4.69, 9.17) is 0 Å². The van der Waals surface area contributed by atoms with Crippen molar-refractivity contribution in [3.05, 3.63) is 23.5 Å². The van der Waals surface area contributed by atoms with Gasteiger partial charge in [-0.1, -0.05) is 0 Å². The normalized spacial score (nSPS) is 16.1. The Labute approximate surface area is 73.0 Å². The number of hydrogen-bond acceptors (Lipinski definition) is 1. The molecule has 63 valence electrons. The summed E-state index contributed by atoms with van der Waals surface area (Å²) in [5, 5.41) is 4.47. The van der Waals surface area contributed by atoms with E-state index in [1.165, 1.54) is 18.5 Å². The van der Waals surface area contributed by atoms with Crippen molar-refractivity contribution in [2.24, 2.45) is 0 Å². The summed E-state index contributed by atoms with van der Waals surface area (Å²) in [4.78, 5) is 4.48. The molecule has 2 nitrogen and oxygen atoms in total. The van der Waals surface area contributed by atoms with Crippen LogP contribution in [0.3, 0.4) is 0 Å². The minimum Gasteiger partial charge on any atom is -0.283 e. The number of aryl methyl sites for hydroxylation is 2. The Bertz CT molecular complexity index is 281. The van der Waals surface area contributed by atoms with Gasteiger partial charge in [0.1, 0.15) is 0 Å². The standard InChI is InChI=1S/C10H13N2/c1-8-5-6-9-10(12-8)4-2-3-7-11-9/h5-6H,2-4,7H2,1H3. The Balaban J connectivity index is 2.36. The first-order valence-corrected chi connectivity index (χ1v) is 4.50. The highest BCUT2D eigenvalue weighted by atomic mass is 14.9. The molecule has 0 N–H and O–H groups in total. The van der Waals surface area contributed by atoms with Gasteiger partial charge in [0.05, 0.1) is 11.4 Å². The van der Waals surface area contributed by atoms with E-state index in [1.807, 2.05) is 13.0 Å². The summed E-state index contributed by atoms with van der Waals surface area (Å²) >= 11 is 0. The lowest BCUT2D eigenvalue weighted by Crippen LogP contribution is -1.99. The molecule has 0 aliphatic carbocycles. The average Bonchev–Trinajstić information content (AvgIpc) is 2.28. The summed E-state index contributed by atoms with van der Waals surface area (Å²) in [6.45, 7) is 3.00. The van der Waals surface area contributed by atoms with E-state index in [0.717, 1.165) is 24.3 Å². The van der Waals surface area contributed by atoms with E-state index < -0.39 is 0 Å². The van der Waals surface area contributed by atoms with Crippen LogP contribution in [-0.2, 0) is 6.42 Å². The van der Waals surface area contributed by atoms with Gasteiger partial charge in [-0.3, -0.25) is 10.3 Å². The fourth-order valence-corrected chi connectivity index (χ4v) is 1.53. The maximum absolute atomic E-state index is 4.48. The Morgan fingerprint density at radius 1 is 1.25 bits per heavy atom. The highest BCUT2D eigenvalue weighted by molar-refractivity contribution is 5.42. The number of pyridine rings is 1. The monoisotopic (exact) mass is 161 g/mol. The second kappa shape index (κ2) is 3.13. The molecule has 0 aromatic carbocycles. The van der Waals surface area contributed by atoms with Gasteiger partial charge in [0, 0.05) is 12.2 Å².